The summed E-state index contributed by atoms with van der Waals surface area (Å²) in [5, 5.41) is 20.0. The van der Waals surface area contributed by atoms with Crippen LogP contribution in [-0.2, 0) is 0 Å². The predicted molar refractivity (Wildman–Crippen MR) is 56.0 cm³/mol. The monoisotopic (exact) mass is 259 g/mol. The van der Waals surface area contributed by atoms with Crippen molar-refractivity contribution in [2.24, 2.45) is 0 Å². The fraction of sp³-hybridized carbons (Fsp3) is 0.333. The highest BCUT2D eigenvalue weighted by Gasteiger charge is 2.13. The molecular formula is C9H10BrNO3. The van der Waals surface area contributed by atoms with Crippen molar-refractivity contribution in [2.45, 2.75) is 19.4 Å². The molecule has 1 unspecified atom stereocenters. The normalized spacial score (nSPS) is 12.5. The zero-order valence-electron chi connectivity index (χ0n) is 7.61. The predicted octanol–water partition coefficient (Wildman–Crippen LogP) is 2.80. The molecule has 0 aliphatic rings. The van der Waals surface area contributed by atoms with Gasteiger partial charge in [-0.05, 0) is 18.1 Å². The standard InChI is InChI=1S/C9H10BrNO3/c1-2-9(12)7-4-3-6(11(13)14)5-8(7)10/h3-5,9,12H,2H2,1H3. The lowest BCUT2D eigenvalue weighted by atomic mass is 10.1. The van der Waals surface area contributed by atoms with Gasteiger partial charge in [-0.25, -0.2) is 0 Å². The van der Waals surface area contributed by atoms with Crippen LogP contribution in [0.25, 0.3) is 0 Å². The number of nitro groups is 1. The largest absolute Gasteiger partial charge is 0.388 e. The van der Waals surface area contributed by atoms with Crippen LogP contribution >= 0.6 is 15.9 Å². The number of aliphatic hydroxyl groups is 1. The van der Waals surface area contributed by atoms with Crippen molar-refractivity contribution >= 4 is 21.6 Å². The van der Waals surface area contributed by atoms with Gasteiger partial charge in [0.25, 0.3) is 5.69 Å². The first-order chi connectivity index (χ1) is 6.56. The molecule has 0 fully saturated rings. The second-order valence-corrected chi connectivity index (χ2v) is 3.74. The van der Waals surface area contributed by atoms with E-state index in [0.717, 1.165) is 0 Å². The van der Waals surface area contributed by atoms with Crippen LogP contribution in [0.15, 0.2) is 22.7 Å². The summed E-state index contributed by atoms with van der Waals surface area (Å²) in [6, 6.07) is 4.35. The van der Waals surface area contributed by atoms with E-state index >= 15 is 0 Å². The minimum absolute atomic E-state index is 0.0175. The van der Waals surface area contributed by atoms with Gasteiger partial charge in [-0.1, -0.05) is 22.9 Å². The summed E-state index contributed by atoms with van der Waals surface area (Å²) in [5.74, 6) is 0. The van der Waals surface area contributed by atoms with Gasteiger partial charge < -0.3 is 5.11 Å². The minimum atomic E-state index is -0.579. The lowest BCUT2D eigenvalue weighted by Crippen LogP contribution is -1.97. The van der Waals surface area contributed by atoms with E-state index in [2.05, 4.69) is 15.9 Å². The molecule has 1 aromatic carbocycles. The van der Waals surface area contributed by atoms with Gasteiger partial charge in [-0.15, -0.1) is 0 Å². The van der Waals surface area contributed by atoms with Crippen LogP contribution in [-0.4, -0.2) is 10.0 Å². The number of nitrogens with zero attached hydrogens (tertiary/aromatic N) is 1. The van der Waals surface area contributed by atoms with E-state index in [1.165, 1.54) is 12.1 Å². The Bertz CT molecular complexity index is 354. The first kappa shape index (κ1) is 11.1. The highest BCUT2D eigenvalue weighted by atomic mass is 79.9. The Kier molecular flexibility index (Phi) is 3.60. The van der Waals surface area contributed by atoms with Crippen molar-refractivity contribution in [3.63, 3.8) is 0 Å². The van der Waals surface area contributed by atoms with Gasteiger partial charge in [0.2, 0.25) is 0 Å². The van der Waals surface area contributed by atoms with E-state index in [9.17, 15) is 15.2 Å². The second kappa shape index (κ2) is 4.52. The maximum absolute atomic E-state index is 10.4. The summed E-state index contributed by atoms with van der Waals surface area (Å²) in [6.45, 7) is 1.85. The molecule has 4 nitrogen and oxygen atoms in total. The second-order valence-electron chi connectivity index (χ2n) is 2.89. The Morgan fingerprint density at radius 1 is 1.64 bits per heavy atom. The van der Waals surface area contributed by atoms with Gasteiger partial charge in [0, 0.05) is 16.6 Å². The van der Waals surface area contributed by atoms with Crippen molar-refractivity contribution in [3.05, 3.63) is 38.3 Å². The maximum atomic E-state index is 10.4. The van der Waals surface area contributed by atoms with Gasteiger partial charge in [0.05, 0.1) is 11.0 Å². The summed E-state index contributed by atoms with van der Waals surface area (Å²) >= 11 is 3.19. The zero-order valence-corrected chi connectivity index (χ0v) is 9.19. The molecule has 0 bridgehead atoms. The molecule has 0 aliphatic carbocycles. The zero-order chi connectivity index (χ0) is 10.7. The molecule has 0 heterocycles. The molecule has 0 spiro atoms. The summed E-state index contributed by atoms with van der Waals surface area (Å²) in [7, 11) is 0. The van der Waals surface area contributed by atoms with Crippen LogP contribution in [0.1, 0.15) is 25.0 Å². The molecule has 1 rings (SSSR count). The first-order valence-corrected chi connectivity index (χ1v) is 4.97. The molecule has 5 heteroatoms. The third-order valence-electron chi connectivity index (χ3n) is 1.94. The van der Waals surface area contributed by atoms with E-state index in [-0.39, 0.29) is 5.69 Å². The Morgan fingerprint density at radius 2 is 2.29 bits per heavy atom. The molecule has 0 amide bonds. The molecule has 0 saturated carbocycles. The van der Waals surface area contributed by atoms with Crippen LogP contribution in [0.2, 0.25) is 0 Å². The lowest BCUT2D eigenvalue weighted by molar-refractivity contribution is -0.385. The number of non-ortho nitro benzene ring substituents is 1. The fourth-order valence-electron chi connectivity index (χ4n) is 1.12. The molecule has 0 saturated heterocycles. The van der Waals surface area contributed by atoms with E-state index in [1.807, 2.05) is 6.92 Å². The van der Waals surface area contributed by atoms with Crippen molar-refractivity contribution in [2.75, 3.05) is 0 Å². The van der Waals surface area contributed by atoms with Crippen LogP contribution in [0.3, 0.4) is 0 Å². The first-order valence-electron chi connectivity index (χ1n) is 4.18. The summed E-state index contributed by atoms with van der Waals surface area (Å²) < 4.78 is 0.570. The average molecular weight is 260 g/mol. The number of aliphatic hydroxyl groups excluding tert-OH is 1. The highest BCUT2D eigenvalue weighted by Crippen LogP contribution is 2.28. The fourth-order valence-corrected chi connectivity index (χ4v) is 1.75. The number of hydrogen-bond donors (Lipinski definition) is 1. The van der Waals surface area contributed by atoms with E-state index in [4.69, 9.17) is 0 Å². The van der Waals surface area contributed by atoms with Gasteiger partial charge >= 0.3 is 0 Å². The molecule has 76 valence electrons. The van der Waals surface area contributed by atoms with E-state index in [1.54, 1.807) is 6.07 Å². The third kappa shape index (κ3) is 2.30. The molecule has 14 heavy (non-hydrogen) atoms. The van der Waals surface area contributed by atoms with Gasteiger partial charge in [0.15, 0.2) is 0 Å². The third-order valence-corrected chi connectivity index (χ3v) is 2.63. The van der Waals surface area contributed by atoms with Gasteiger partial charge in [0.1, 0.15) is 0 Å². The molecule has 0 aliphatic heterocycles. The van der Waals surface area contributed by atoms with Crippen molar-refractivity contribution < 1.29 is 10.0 Å². The number of benzene rings is 1. The van der Waals surface area contributed by atoms with Crippen LogP contribution in [0.5, 0.6) is 0 Å². The molecule has 1 atom stereocenters. The van der Waals surface area contributed by atoms with Crippen LogP contribution in [0, 0.1) is 10.1 Å². The Morgan fingerprint density at radius 3 is 2.71 bits per heavy atom. The van der Waals surface area contributed by atoms with Crippen LogP contribution in [0.4, 0.5) is 5.69 Å². The van der Waals surface area contributed by atoms with E-state index < -0.39 is 11.0 Å². The Hall–Kier alpha value is -0.940. The topological polar surface area (TPSA) is 63.4 Å². The van der Waals surface area contributed by atoms with Crippen molar-refractivity contribution in [1.82, 2.24) is 0 Å². The minimum Gasteiger partial charge on any atom is -0.388 e. The SMILES string of the molecule is CCC(O)c1ccc([N+](=O)[O-])cc1Br. The summed E-state index contributed by atoms with van der Waals surface area (Å²) in [6.07, 6.45) is 0.00123. The summed E-state index contributed by atoms with van der Waals surface area (Å²) in [5.41, 5.74) is 0.696. The lowest BCUT2D eigenvalue weighted by Gasteiger charge is -2.09. The number of halogens is 1. The van der Waals surface area contributed by atoms with Crippen molar-refractivity contribution in [3.8, 4) is 0 Å². The maximum Gasteiger partial charge on any atom is 0.270 e. The molecule has 0 radical (unpaired) electrons. The summed E-state index contributed by atoms with van der Waals surface area (Å²) in [4.78, 5) is 9.96. The molecule has 1 N–H and O–H groups in total. The Labute approximate surface area is 89.8 Å². The number of hydrogen-bond acceptors (Lipinski definition) is 3. The van der Waals surface area contributed by atoms with Gasteiger partial charge in [-0.2, -0.15) is 0 Å². The molecular weight excluding hydrogens is 250 g/mol. The van der Waals surface area contributed by atoms with Gasteiger partial charge in [-0.3, -0.25) is 10.1 Å². The smallest absolute Gasteiger partial charge is 0.270 e. The average Bonchev–Trinajstić information content (AvgIpc) is 2.16. The number of nitro benzene ring substituents is 1. The van der Waals surface area contributed by atoms with Crippen LogP contribution < -0.4 is 0 Å². The quantitative estimate of drug-likeness (QED) is 0.671. The molecule has 1 aromatic rings. The Balaban J connectivity index is 3.07. The highest BCUT2D eigenvalue weighted by molar-refractivity contribution is 9.10. The molecule has 0 aromatic heterocycles. The van der Waals surface area contributed by atoms with E-state index in [0.29, 0.717) is 16.5 Å². The van der Waals surface area contributed by atoms with Crippen molar-refractivity contribution in [1.29, 1.82) is 0 Å². The number of rotatable bonds is 3.